The van der Waals surface area contributed by atoms with Crippen molar-refractivity contribution in [2.75, 3.05) is 6.54 Å². The zero-order valence-corrected chi connectivity index (χ0v) is 13.2. The molecule has 20 heavy (non-hydrogen) atoms. The van der Waals surface area contributed by atoms with Crippen LogP contribution in [-0.4, -0.2) is 12.1 Å². The van der Waals surface area contributed by atoms with E-state index in [1.807, 2.05) is 18.2 Å². The van der Waals surface area contributed by atoms with Crippen molar-refractivity contribution in [2.45, 2.75) is 40.2 Å². The third-order valence-corrected chi connectivity index (χ3v) is 3.34. The second-order valence-corrected chi connectivity index (χ2v) is 6.66. The van der Waals surface area contributed by atoms with Crippen LogP contribution in [0.5, 0.6) is 0 Å². The molecule has 1 heterocycles. The normalized spacial score (nSPS) is 13.4. The lowest BCUT2D eigenvalue weighted by Crippen LogP contribution is -2.37. The van der Waals surface area contributed by atoms with Gasteiger partial charge in [0.1, 0.15) is 11.3 Å². The number of para-hydroxylation sites is 1. The molecule has 1 N–H and O–H groups in total. The molecule has 2 heteroatoms. The summed E-state index contributed by atoms with van der Waals surface area (Å²) in [5.41, 5.74) is 2.44. The average molecular weight is 271 g/mol. The first-order chi connectivity index (χ1) is 9.35. The highest BCUT2D eigenvalue weighted by Crippen LogP contribution is 2.22. The molecule has 0 fully saturated rings. The predicted octanol–water partition coefficient (Wildman–Crippen LogP) is 4.86. The molecule has 2 rings (SSSR count). The third kappa shape index (κ3) is 3.97. The van der Waals surface area contributed by atoms with Crippen LogP contribution in [0.1, 0.15) is 40.4 Å². The van der Waals surface area contributed by atoms with E-state index >= 15 is 0 Å². The van der Waals surface area contributed by atoms with Crippen LogP contribution >= 0.6 is 0 Å². The van der Waals surface area contributed by atoms with Gasteiger partial charge in [0, 0.05) is 17.5 Å². The molecule has 1 aromatic carbocycles. The summed E-state index contributed by atoms with van der Waals surface area (Å²) in [6, 6.07) is 10.2. The summed E-state index contributed by atoms with van der Waals surface area (Å²) in [5.74, 6) is 1.43. The second kappa shape index (κ2) is 5.84. The van der Waals surface area contributed by atoms with Crippen molar-refractivity contribution in [3.05, 3.63) is 41.7 Å². The SMILES string of the molecule is CC(C)C(=Cc1cc2ccccc2o1)CNC(C)(C)C. The fourth-order valence-electron chi connectivity index (χ4n) is 2.05. The van der Waals surface area contributed by atoms with Gasteiger partial charge in [0.25, 0.3) is 0 Å². The van der Waals surface area contributed by atoms with Crippen molar-refractivity contribution < 1.29 is 4.42 Å². The smallest absolute Gasteiger partial charge is 0.134 e. The summed E-state index contributed by atoms with van der Waals surface area (Å²) in [7, 11) is 0. The van der Waals surface area contributed by atoms with Gasteiger partial charge in [-0.3, -0.25) is 0 Å². The maximum Gasteiger partial charge on any atom is 0.134 e. The minimum absolute atomic E-state index is 0.127. The third-order valence-electron chi connectivity index (χ3n) is 3.34. The first-order valence-electron chi connectivity index (χ1n) is 7.29. The molecule has 0 aliphatic rings. The van der Waals surface area contributed by atoms with E-state index < -0.39 is 0 Å². The summed E-state index contributed by atoms with van der Waals surface area (Å²) in [6.07, 6.45) is 2.17. The minimum Gasteiger partial charge on any atom is -0.457 e. The molecule has 2 nitrogen and oxygen atoms in total. The Balaban J connectivity index is 2.23. The first kappa shape index (κ1) is 14.9. The van der Waals surface area contributed by atoms with E-state index in [1.165, 1.54) is 5.57 Å². The highest BCUT2D eigenvalue weighted by Gasteiger charge is 2.12. The van der Waals surface area contributed by atoms with Gasteiger partial charge in [-0.2, -0.15) is 0 Å². The Morgan fingerprint density at radius 2 is 1.95 bits per heavy atom. The van der Waals surface area contributed by atoms with E-state index in [2.05, 4.69) is 58.1 Å². The highest BCUT2D eigenvalue weighted by atomic mass is 16.3. The van der Waals surface area contributed by atoms with E-state index in [0.717, 1.165) is 23.3 Å². The van der Waals surface area contributed by atoms with Crippen LogP contribution in [-0.2, 0) is 0 Å². The van der Waals surface area contributed by atoms with Crippen molar-refractivity contribution >= 4 is 17.0 Å². The maximum atomic E-state index is 5.88. The molecule has 108 valence electrons. The Morgan fingerprint density at radius 1 is 1.25 bits per heavy atom. The standard InChI is InChI=1S/C18H25NO/c1-13(2)15(12-19-18(3,4)5)11-16-10-14-8-6-7-9-17(14)20-16/h6-11,13,19H,12H2,1-5H3. The fraction of sp³-hybridized carbons (Fsp3) is 0.444. The van der Waals surface area contributed by atoms with Gasteiger partial charge in [-0.25, -0.2) is 0 Å². The Bertz CT molecular complexity index is 566. The molecule has 0 saturated heterocycles. The number of furan rings is 1. The van der Waals surface area contributed by atoms with Crippen LogP contribution in [0.25, 0.3) is 17.0 Å². The molecule has 0 unspecified atom stereocenters. The topological polar surface area (TPSA) is 25.2 Å². The Kier molecular flexibility index (Phi) is 4.34. The molecule has 0 saturated carbocycles. The summed E-state index contributed by atoms with van der Waals surface area (Å²) >= 11 is 0. The summed E-state index contributed by atoms with van der Waals surface area (Å²) in [5, 5.41) is 4.71. The van der Waals surface area contributed by atoms with Crippen molar-refractivity contribution in [2.24, 2.45) is 5.92 Å². The van der Waals surface area contributed by atoms with Gasteiger partial charge in [0.05, 0.1) is 0 Å². The van der Waals surface area contributed by atoms with Gasteiger partial charge >= 0.3 is 0 Å². The first-order valence-corrected chi connectivity index (χ1v) is 7.29. The zero-order valence-electron chi connectivity index (χ0n) is 13.2. The molecule has 1 aromatic heterocycles. The summed E-state index contributed by atoms with van der Waals surface area (Å²) < 4.78 is 5.88. The van der Waals surface area contributed by atoms with Crippen LogP contribution in [0, 0.1) is 5.92 Å². The van der Waals surface area contributed by atoms with Crippen molar-refractivity contribution in [1.82, 2.24) is 5.32 Å². The number of hydrogen-bond acceptors (Lipinski definition) is 2. The number of nitrogens with one attached hydrogen (secondary N) is 1. The number of hydrogen-bond donors (Lipinski definition) is 1. The largest absolute Gasteiger partial charge is 0.457 e. The Morgan fingerprint density at radius 3 is 2.55 bits per heavy atom. The van der Waals surface area contributed by atoms with Gasteiger partial charge in [-0.05, 0) is 44.9 Å². The number of fused-ring (bicyclic) bond motifs is 1. The average Bonchev–Trinajstić information content (AvgIpc) is 2.75. The van der Waals surface area contributed by atoms with Crippen LogP contribution in [0.3, 0.4) is 0 Å². The van der Waals surface area contributed by atoms with E-state index in [-0.39, 0.29) is 5.54 Å². The van der Waals surface area contributed by atoms with Gasteiger partial charge in [-0.15, -0.1) is 0 Å². The van der Waals surface area contributed by atoms with E-state index in [1.54, 1.807) is 0 Å². The maximum absolute atomic E-state index is 5.88. The van der Waals surface area contributed by atoms with Crippen LogP contribution in [0.2, 0.25) is 0 Å². The van der Waals surface area contributed by atoms with E-state index in [4.69, 9.17) is 4.42 Å². The van der Waals surface area contributed by atoms with Gasteiger partial charge < -0.3 is 9.73 Å². The summed E-state index contributed by atoms with van der Waals surface area (Å²) in [6.45, 7) is 11.9. The monoisotopic (exact) mass is 271 g/mol. The predicted molar refractivity (Wildman–Crippen MR) is 86.8 cm³/mol. The van der Waals surface area contributed by atoms with Crippen molar-refractivity contribution in [3.8, 4) is 0 Å². The molecule has 0 atom stereocenters. The molecule has 0 radical (unpaired) electrons. The molecule has 0 spiro atoms. The molecular formula is C18H25NO. The quantitative estimate of drug-likeness (QED) is 0.859. The van der Waals surface area contributed by atoms with E-state index in [0.29, 0.717) is 5.92 Å². The van der Waals surface area contributed by atoms with Crippen molar-refractivity contribution in [1.29, 1.82) is 0 Å². The minimum atomic E-state index is 0.127. The molecule has 0 amide bonds. The fourth-order valence-corrected chi connectivity index (χ4v) is 2.05. The molecule has 2 aromatic rings. The number of rotatable bonds is 4. The lowest BCUT2D eigenvalue weighted by molar-refractivity contribution is 0.437. The second-order valence-electron chi connectivity index (χ2n) is 6.66. The number of benzene rings is 1. The molecular weight excluding hydrogens is 246 g/mol. The summed E-state index contributed by atoms with van der Waals surface area (Å²) in [4.78, 5) is 0. The van der Waals surface area contributed by atoms with Crippen LogP contribution in [0.15, 0.2) is 40.3 Å². The lowest BCUT2D eigenvalue weighted by atomic mass is 10.0. The molecule has 0 aliphatic carbocycles. The molecule has 0 aliphatic heterocycles. The zero-order chi connectivity index (χ0) is 14.8. The molecule has 0 bridgehead atoms. The van der Waals surface area contributed by atoms with Crippen molar-refractivity contribution in [3.63, 3.8) is 0 Å². The van der Waals surface area contributed by atoms with E-state index in [9.17, 15) is 0 Å². The highest BCUT2D eigenvalue weighted by molar-refractivity contribution is 5.79. The lowest BCUT2D eigenvalue weighted by Gasteiger charge is -2.23. The van der Waals surface area contributed by atoms with Gasteiger partial charge in [0.2, 0.25) is 0 Å². The van der Waals surface area contributed by atoms with Gasteiger partial charge in [-0.1, -0.05) is 37.6 Å². The van der Waals surface area contributed by atoms with Crippen LogP contribution < -0.4 is 5.32 Å². The van der Waals surface area contributed by atoms with Crippen LogP contribution in [0.4, 0.5) is 0 Å². The van der Waals surface area contributed by atoms with Gasteiger partial charge in [0.15, 0.2) is 0 Å². The Hall–Kier alpha value is -1.54. The Labute approximate surface area is 121 Å².